The van der Waals surface area contributed by atoms with Crippen molar-refractivity contribution in [3.05, 3.63) is 0 Å². The summed E-state index contributed by atoms with van der Waals surface area (Å²) in [5.41, 5.74) is 0. The molecule has 6 heteroatoms. The standard InChI is InChI=1S/C15H26N2O4/c18-14(5-4-13-3-1-2-12-21-13)17-10-8-16(9-11-17)7-6-15(19)20/h13H,1-12H2,(H,19,20). The summed E-state index contributed by atoms with van der Waals surface area (Å²) in [4.78, 5) is 26.7. The van der Waals surface area contributed by atoms with Crippen LogP contribution in [0, 0.1) is 0 Å². The monoisotopic (exact) mass is 298 g/mol. The second-order valence-electron chi connectivity index (χ2n) is 5.89. The topological polar surface area (TPSA) is 70.1 Å². The Labute approximate surface area is 126 Å². The Morgan fingerprint density at radius 3 is 2.48 bits per heavy atom. The zero-order chi connectivity index (χ0) is 15.1. The lowest BCUT2D eigenvalue weighted by atomic mass is 10.0. The van der Waals surface area contributed by atoms with Crippen LogP contribution in [0.15, 0.2) is 0 Å². The highest BCUT2D eigenvalue weighted by atomic mass is 16.5. The van der Waals surface area contributed by atoms with Crippen molar-refractivity contribution in [2.24, 2.45) is 0 Å². The fraction of sp³-hybridized carbons (Fsp3) is 0.867. The molecule has 1 N–H and O–H groups in total. The zero-order valence-corrected chi connectivity index (χ0v) is 12.6. The number of hydrogen-bond acceptors (Lipinski definition) is 4. The molecule has 2 heterocycles. The van der Waals surface area contributed by atoms with Gasteiger partial charge in [-0.2, -0.15) is 0 Å². The molecule has 1 atom stereocenters. The van der Waals surface area contributed by atoms with Crippen LogP contribution in [0.25, 0.3) is 0 Å². The first-order chi connectivity index (χ1) is 10.1. The number of carboxylic acids is 1. The highest BCUT2D eigenvalue weighted by molar-refractivity contribution is 5.76. The van der Waals surface area contributed by atoms with Gasteiger partial charge in [-0.3, -0.25) is 14.5 Å². The van der Waals surface area contributed by atoms with Gasteiger partial charge in [0.05, 0.1) is 12.5 Å². The van der Waals surface area contributed by atoms with Crippen LogP contribution in [0.3, 0.4) is 0 Å². The molecule has 1 unspecified atom stereocenters. The van der Waals surface area contributed by atoms with Crippen LogP contribution in [0.4, 0.5) is 0 Å². The number of rotatable bonds is 6. The number of piperazine rings is 1. The van der Waals surface area contributed by atoms with Crippen LogP contribution < -0.4 is 0 Å². The summed E-state index contributed by atoms with van der Waals surface area (Å²) >= 11 is 0. The SMILES string of the molecule is O=C(O)CCN1CCN(C(=O)CCC2CCCCO2)CC1. The van der Waals surface area contributed by atoms with Crippen molar-refractivity contribution in [2.75, 3.05) is 39.3 Å². The number of ether oxygens (including phenoxy) is 1. The normalized spacial score (nSPS) is 24.0. The van der Waals surface area contributed by atoms with Crippen molar-refractivity contribution in [1.82, 2.24) is 9.80 Å². The van der Waals surface area contributed by atoms with E-state index in [4.69, 9.17) is 9.84 Å². The maximum atomic E-state index is 12.2. The molecule has 0 aromatic carbocycles. The molecule has 0 aromatic rings. The fourth-order valence-corrected chi connectivity index (χ4v) is 2.95. The molecule has 6 nitrogen and oxygen atoms in total. The molecule has 0 bridgehead atoms. The van der Waals surface area contributed by atoms with Crippen LogP contribution in [0.2, 0.25) is 0 Å². The minimum atomic E-state index is -0.763. The van der Waals surface area contributed by atoms with E-state index in [1.165, 1.54) is 6.42 Å². The molecule has 0 aliphatic carbocycles. The Bertz CT molecular complexity index is 348. The highest BCUT2D eigenvalue weighted by Crippen LogP contribution is 2.17. The number of aliphatic carboxylic acids is 1. The second kappa shape index (κ2) is 8.34. The quantitative estimate of drug-likeness (QED) is 0.791. The van der Waals surface area contributed by atoms with Gasteiger partial charge >= 0.3 is 5.97 Å². The summed E-state index contributed by atoms with van der Waals surface area (Å²) < 4.78 is 5.65. The molecule has 0 spiro atoms. The molecule has 0 aromatic heterocycles. The largest absolute Gasteiger partial charge is 0.481 e. The first kappa shape index (κ1) is 16.2. The molecule has 0 radical (unpaired) electrons. The van der Waals surface area contributed by atoms with Crippen molar-refractivity contribution in [1.29, 1.82) is 0 Å². The van der Waals surface area contributed by atoms with E-state index in [9.17, 15) is 9.59 Å². The summed E-state index contributed by atoms with van der Waals surface area (Å²) in [5.74, 6) is -0.553. The van der Waals surface area contributed by atoms with Gasteiger partial charge in [-0.15, -0.1) is 0 Å². The van der Waals surface area contributed by atoms with Crippen LogP contribution in [-0.4, -0.2) is 72.2 Å². The van der Waals surface area contributed by atoms with E-state index in [0.29, 0.717) is 26.1 Å². The van der Waals surface area contributed by atoms with Gasteiger partial charge in [0.15, 0.2) is 0 Å². The third-order valence-corrected chi connectivity index (χ3v) is 4.32. The number of hydrogen-bond donors (Lipinski definition) is 1. The van der Waals surface area contributed by atoms with E-state index in [-0.39, 0.29) is 18.4 Å². The summed E-state index contributed by atoms with van der Waals surface area (Å²) in [6.07, 6.45) is 5.27. The van der Waals surface area contributed by atoms with Gasteiger partial charge in [-0.05, 0) is 25.7 Å². The van der Waals surface area contributed by atoms with Gasteiger partial charge in [0.2, 0.25) is 5.91 Å². The number of carboxylic acid groups (broad SMARTS) is 1. The summed E-state index contributed by atoms with van der Waals surface area (Å²) in [6, 6.07) is 0. The Balaban J connectivity index is 1.62. The molecule has 2 fully saturated rings. The van der Waals surface area contributed by atoms with E-state index in [2.05, 4.69) is 4.90 Å². The van der Waals surface area contributed by atoms with Crippen LogP contribution in [0.5, 0.6) is 0 Å². The van der Waals surface area contributed by atoms with Crippen LogP contribution in [0.1, 0.15) is 38.5 Å². The predicted molar refractivity (Wildman–Crippen MR) is 78.1 cm³/mol. The molecule has 1 amide bonds. The van der Waals surface area contributed by atoms with E-state index in [1.807, 2.05) is 4.90 Å². The van der Waals surface area contributed by atoms with E-state index in [1.54, 1.807) is 0 Å². The van der Waals surface area contributed by atoms with Gasteiger partial charge in [-0.25, -0.2) is 0 Å². The highest BCUT2D eigenvalue weighted by Gasteiger charge is 2.22. The van der Waals surface area contributed by atoms with Gasteiger partial charge in [0, 0.05) is 45.8 Å². The van der Waals surface area contributed by atoms with Crippen molar-refractivity contribution < 1.29 is 19.4 Å². The number of nitrogens with zero attached hydrogens (tertiary/aromatic N) is 2. The van der Waals surface area contributed by atoms with Crippen molar-refractivity contribution in [3.8, 4) is 0 Å². The molecule has 2 aliphatic heterocycles. The Hall–Kier alpha value is -1.14. The number of carbonyl (C=O) groups excluding carboxylic acids is 1. The van der Waals surface area contributed by atoms with Gasteiger partial charge in [0.25, 0.3) is 0 Å². The maximum Gasteiger partial charge on any atom is 0.304 e. The number of amides is 1. The van der Waals surface area contributed by atoms with Crippen LogP contribution >= 0.6 is 0 Å². The Morgan fingerprint density at radius 2 is 1.86 bits per heavy atom. The number of carbonyl (C=O) groups is 2. The lowest BCUT2D eigenvalue weighted by molar-refractivity contribution is -0.138. The van der Waals surface area contributed by atoms with E-state index in [0.717, 1.165) is 39.0 Å². The summed E-state index contributed by atoms with van der Waals surface area (Å²) in [6.45, 7) is 4.39. The molecule has 2 rings (SSSR count). The molecule has 2 aliphatic rings. The van der Waals surface area contributed by atoms with Crippen molar-refractivity contribution >= 4 is 11.9 Å². The summed E-state index contributed by atoms with van der Waals surface area (Å²) in [7, 11) is 0. The van der Waals surface area contributed by atoms with Crippen LogP contribution in [-0.2, 0) is 14.3 Å². The molecule has 21 heavy (non-hydrogen) atoms. The molecular weight excluding hydrogens is 272 g/mol. The molecular formula is C15H26N2O4. The van der Waals surface area contributed by atoms with Crippen molar-refractivity contribution in [2.45, 2.75) is 44.6 Å². The first-order valence-electron chi connectivity index (χ1n) is 7.98. The minimum absolute atomic E-state index is 0.174. The van der Waals surface area contributed by atoms with Gasteiger partial charge in [0.1, 0.15) is 0 Å². The first-order valence-corrected chi connectivity index (χ1v) is 7.98. The van der Waals surface area contributed by atoms with Gasteiger partial charge < -0.3 is 14.7 Å². The third kappa shape index (κ3) is 5.63. The van der Waals surface area contributed by atoms with Crippen molar-refractivity contribution in [3.63, 3.8) is 0 Å². The maximum absolute atomic E-state index is 12.2. The molecule has 120 valence electrons. The molecule has 2 saturated heterocycles. The smallest absolute Gasteiger partial charge is 0.304 e. The summed E-state index contributed by atoms with van der Waals surface area (Å²) in [5, 5.41) is 8.68. The lowest BCUT2D eigenvalue weighted by Crippen LogP contribution is -2.49. The average molecular weight is 298 g/mol. The molecule has 0 saturated carbocycles. The van der Waals surface area contributed by atoms with E-state index < -0.39 is 5.97 Å². The third-order valence-electron chi connectivity index (χ3n) is 4.32. The predicted octanol–water partition coefficient (Wildman–Crippen LogP) is 0.955. The van der Waals surface area contributed by atoms with E-state index >= 15 is 0 Å². The zero-order valence-electron chi connectivity index (χ0n) is 12.6. The average Bonchev–Trinajstić information content (AvgIpc) is 2.52. The Kier molecular flexibility index (Phi) is 6.45. The Morgan fingerprint density at radius 1 is 1.10 bits per heavy atom. The minimum Gasteiger partial charge on any atom is -0.481 e. The second-order valence-corrected chi connectivity index (χ2v) is 5.89. The fourth-order valence-electron chi connectivity index (χ4n) is 2.95. The lowest BCUT2D eigenvalue weighted by Gasteiger charge is -2.34. The van der Waals surface area contributed by atoms with Gasteiger partial charge in [-0.1, -0.05) is 0 Å².